The smallest absolute Gasteiger partial charge is 0.307 e. The molecule has 1 amide bonds. The maximum Gasteiger partial charge on any atom is 0.307 e. The van der Waals surface area contributed by atoms with E-state index in [1.54, 1.807) is 26.0 Å². The van der Waals surface area contributed by atoms with Gasteiger partial charge in [0.2, 0.25) is 15.9 Å². The van der Waals surface area contributed by atoms with Gasteiger partial charge >= 0.3 is 5.97 Å². The number of carbonyl (C=O) groups excluding carboxylic acids is 1. The van der Waals surface area contributed by atoms with Gasteiger partial charge in [0.25, 0.3) is 0 Å². The van der Waals surface area contributed by atoms with E-state index >= 15 is 0 Å². The van der Waals surface area contributed by atoms with Gasteiger partial charge in [0.15, 0.2) is 0 Å². The number of carboxylic acid groups (broad SMARTS) is 1. The van der Waals surface area contributed by atoms with Crippen molar-refractivity contribution in [3.63, 3.8) is 0 Å². The molecule has 0 radical (unpaired) electrons. The number of carbonyl (C=O) groups is 2. The highest BCUT2D eigenvalue weighted by molar-refractivity contribution is 7.89. The molecule has 1 fully saturated rings. The molecule has 0 heterocycles. The summed E-state index contributed by atoms with van der Waals surface area (Å²) in [5.41, 5.74) is 0.0270. The topological polar surface area (TPSA) is 127 Å². The largest absolute Gasteiger partial charge is 0.481 e. The minimum Gasteiger partial charge on any atom is -0.481 e. The Hall–Kier alpha value is -1.93. The monoisotopic (exact) mass is 354 g/mol. The van der Waals surface area contributed by atoms with Crippen LogP contribution in [0.1, 0.15) is 38.8 Å². The van der Waals surface area contributed by atoms with Crippen LogP contribution in [-0.4, -0.2) is 25.4 Å². The van der Waals surface area contributed by atoms with Crippen LogP contribution in [0.2, 0.25) is 0 Å². The van der Waals surface area contributed by atoms with Crippen LogP contribution in [-0.2, 0) is 19.6 Å². The number of carboxylic acids is 1. The summed E-state index contributed by atoms with van der Waals surface area (Å²) in [6.07, 6.45) is 0.532. The van der Waals surface area contributed by atoms with Gasteiger partial charge in [-0.2, -0.15) is 0 Å². The van der Waals surface area contributed by atoms with E-state index in [0.717, 1.165) is 0 Å². The lowest BCUT2D eigenvalue weighted by molar-refractivity contribution is -0.140. The van der Waals surface area contributed by atoms with E-state index in [9.17, 15) is 23.1 Å². The van der Waals surface area contributed by atoms with Gasteiger partial charge in [0.05, 0.1) is 22.8 Å². The second-order valence-electron chi connectivity index (χ2n) is 6.70. The van der Waals surface area contributed by atoms with Gasteiger partial charge in [-0.1, -0.05) is 32.9 Å². The first kappa shape index (κ1) is 18.4. The van der Waals surface area contributed by atoms with E-state index in [4.69, 9.17) is 5.14 Å². The van der Waals surface area contributed by atoms with Crippen molar-refractivity contribution in [2.24, 2.45) is 22.4 Å². The SMILES string of the molecule is CCC(NC(=O)[C@@H]1[C@H](C(=O)O)C1(C)C)c1cccc(S(N)(=O)=O)c1. The molecular weight excluding hydrogens is 332 g/mol. The van der Waals surface area contributed by atoms with E-state index in [2.05, 4.69) is 5.32 Å². The molecule has 1 aromatic rings. The van der Waals surface area contributed by atoms with Crippen molar-refractivity contribution in [1.82, 2.24) is 5.32 Å². The summed E-state index contributed by atoms with van der Waals surface area (Å²) in [5, 5.41) is 17.1. The van der Waals surface area contributed by atoms with Crippen molar-refractivity contribution in [3.8, 4) is 0 Å². The molecule has 0 aromatic heterocycles. The van der Waals surface area contributed by atoms with E-state index in [1.165, 1.54) is 12.1 Å². The average molecular weight is 354 g/mol. The Bertz CT molecular complexity index is 772. The van der Waals surface area contributed by atoms with Crippen LogP contribution in [0.5, 0.6) is 0 Å². The zero-order valence-electron chi connectivity index (χ0n) is 13.8. The summed E-state index contributed by atoms with van der Waals surface area (Å²) in [4.78, 5) is 23.6. The predicted molar refractivity (Wildman–Crippen MR) is 87.4 cm³/mol. The van der Waals surface area contributed by atoms with Gasteiger partial charge in [-0.15, -0.1) is 0 Å². The number of sulfonamides is 1. The number of nitrogens with one attached hydrogen (secondary N) is 1. The molecular formula is C16H22N2O5S. The number of hydrogen-bond donors (Lipinski definition) is 3. The Balaban J connectivity index is 2.19. The minimum atomic E-state index is -3.83. The zero-order valence-corrected chi connectivity index (χ0v) is 14.6. The van der Waals surface area contributed by atoms with Crippen LogP contribution in [0.3, 0.4) is 0 Å². The highest BCUT2D eigenvalue weighted by Crippen LogP contribution is 2.58. The molecule has 0 saturated heterocycles. The Morgan fingerprint density at radius 1 is 1.33 bits per heavy atom. The minimum absolute atomic E-state index is 0.0251. The van der Waals surface area contributed by atoms with Crippen molar-refractivity contribution < 1.29 is 23.1 Å². The van der Waals surface area contributed by atoms with Crippen LogP contribution in [0.4, 0.5) is 0 Å². The Morgan fingerprint density at radius 3 is 2.42 bits per heavy atom. The molecule has 1 aliphatic carbocycles. The lowest BCUT2D eigenvalue weighted by atomic mass is 10.0. The van der Waals surface area contributed by atoms with Crippen LogP contribution < -0.4 is 10.5 Å². The number of primary sulfonamides is 1. The summed E-state index contributed by atoms with van der Waals surface area (Å²) in [7, 11) is -3.83. The quantitative estimate of drug-likeness (QED) is 0.709. The highest BCUT2D eigenvalue weighted by Gasteiger charge is 2.65. The number of aliphatic carboxylic acids is 1. The number of amides is 1. The third-order valence-corrected chi connectivity index (χ3v) is 5.60. The number of nitrogens with two attached hydrogens (primary N) is 1. The Labute approximate surface area is 141 Å². The first-order valence-corrected chi connectivity index (χ1v) is 9.20. The van der Waals surface area contributed by atoms with Gasteiger partial charge in [0.1, 0.15) is 0 Å². The molecule has 0 spiro atoms. The molecule has 0 aliphatic heterocycles. The van der Waals surface area contributed by atoms with E-state index in [-0.39, 0.29) is 10.8 Å². The number of hydrogen-bond acceptors (Lipinski definition) is 4. The fourth-order valence-corrected chi connectivity index (χ4v) is 3.75. The third kappa shape index (κ3) is 3.44. The fourth-order valence-electron chi connectivity index (χ4n) is 3.18. The van der Waals surface area contributed by atoms with Crippen molar-refractivity contribution in [3.05, 3.63) is 29.8 Å². The predicted octanol–water partition coefficient (Wildman–Crippen LogP) is 1.26. The van der Waals surface area contributed by atoms with Gasteiger partial charge in [-0.3, -0.25) is 9.59 Å². The molecule has 2 rings (SSSR count). The molecule has 7 nitrogen and oxygen atoms in total. The maximum absolute atomic E-state index is 12.4. The second kappa shape index (κ2) is 6.18. The second-order valence-corrected chi connectivity index (χ2v) is 8.26. The van der Waals surface area contributed by atoms with E-state index < -0.39 is 39.3 Å². The molecule has 3 atom stereocenters. The summed E-state index contributed by atoms with van der Waals surface area (Å²) >= 11 is 0. The Kier molecular flexibility index (Phi) is 4.74. The zero-order chi connectivity index (χ0) is 18.3. The first-order chi connectivity index (χ1) is 11.0. The summed E-state index contributed by atoms with van der Waals surface area (Å²) < 4.78 is 22.9. The molecule has 1 saturated carbocycles. The molecule has 1 aliphatic rings. The molecule has 132 valence electrons. The van der Waals surface area contributed by atoms with Crippen LogP contribution in [0.15, 0.2) is 29.2 Å². The van der Waals surface area contributed by atoms with Crippen LogP contribution >= 0.6 is 0 Å². The van der Waals surface area contributed by atoms with Crippen molar-refractivity contribution in [2.45, 2.75) is 38.1 Å². The van der Waals surface area contributed by atoms with Crippen LogP contribution in [0, 0.1) is 17.3 Å². The van der Waals surface area contributed by atoms with Crippen LogP contribution in [0.25, 0.3) is 0 Å². The molecule has 0 bridgehead atoms. The molecule has 24 heavy (non-hydrogen) atoms. The van der Waals surface area contributed by atoms with Gasteiger partial charge in [-0.05, 0) is 29.5 Å². The van der Waals surface area contributed by atoms with E-state index in [0.29, 0.717) is 12.0 Å². The number of benzene rings is 1. The van der Waals surface area contributed by atoms with Gasteiger partial charge in [0, 0.05) is 0 Å². The number of rotatable bonds is 6. The lowest BCUT2D eigenvalue weighted by Gasteiger charge is -2.18. The Morgan fingerprint density at radius 2 is 1.96 bits per heavy atom. The summed E-state index contributed by atoms with van der Waals surface area (Å²) in [6.45, 7) is 5.35. The molecule has 1 aromatic carbocycles. The highest BCUT2D eigenvalue weighted by atomic mass is 32.2. The van der Waals surface area contributed by atoms with E-state index in [1.807, 2.05) is 6.92 Å². The summed E-state index contributed by atoms with van der Waals surface area (Å²) in [6, 6.07) is 5.67. The van der Waals surface area contributed by atoms with Crippen molar-refractivity contribution >= 4 is 21.9 Å². The normalized spacial score (nSPS) is 23.3. The summed E-state index contributed by atoms with van der Waals surface area (Å²) in [5.74, 6) is -2.61. The molecule has 8 heteroatoms. The third-order valence-electron chi connectivity index (χ3n) is 4.69. The lowest BCUT2D eigenvalue weighted by Crippen LogP contribution is -2.31. The molecule has 1 unspecified atom stereocenters. The maximum atomic E-state index is 12.4. The van der Waals surface area contributed by atoms with Gasteiger partial charge in [-0.25, -0.2) is 13.6 Å². The fraction of sp³-hybridized carbons (Fsp3) is 0.500. The van der Waals surface area contributed by atoms with Crippen molar-refractivity contribution in [1.29, 1.82) is 0 Å². The standard InChI is InChI=1S/C16H22N2O5S/c1-4-11(9-6-5-7-10(8-9)24(17,22)23)18-14(19)12-13(15(20)21)16(12,2)3/h5-8,11-13H,4H2,1-3H3,(H,18,19)(H,20,21)(H2,17,22,23)/t11?,12-,13+/m0/s1. The first-order valence-electron chi connectivity index (χ1n) is 7.66. The average Bonchev–Trinajstić information content (AvgIpc) is 3.07. The van der Waals surface area contributed by atoms with Crippen molar-refractivity contribution in [2.75, 3.05) is 0 Å². The van der Waals surface area contributed by atoms with Gasteiger partial charge < -0.3 is 10.4 Å². The molecule has 4 N–H and O–H groups in total.